The molecule has 0 aliphatic heterocycles. The second kappa shape index (κ2) is 9.94. The van der Waals surface area contributed by atoms with Crippen molar-refractivity contribution in [1.29, 1.82) is 0 Å². The van der Waals surface area contributed by atoms with Gasteiger partial charge in [-0.25, -0.2) is 4.98 Å². The molecular weight excluding hydrogens is 418 g/mol. The molecule has 2 aromatic carbocycles. The molecule has 0 saturated carbocycles. The maximum atomic E-state index is 11.9. The summed E-state index contributed by atoms with van der Waals surface area (Å²) in [5.74, 6) is -0.0525. The van der Waals surface area contributed by atoms with E-state index >= 15 is 0 Å². The SMILES string of the molecule is COc1ccc(OC)c(-c2csc(N(C)Cc3ccc(C(=O)NCC(=O)O)cc3)n2)c1. The zero-order chi connectivity index (χ0) is 22.4. The van der Waals surface area contributed by atoms with Crippen LogP contribution in [-0.2, 0) is 11.3 Å². The van der Waals surface area contributed by atoms with Crippen LogP contribution in [0.5, 0.6) is 11.5 Å². The first-order valence-corrected chi connectivity index (χ1v) is 10.3. The van der Waals surface area contributed by atoms with Gasteiger partial charge >= 0.3 is 5.97 Å². The van der Waals surface area contributed by atoms with Gasteiger partial charge in [-0.05, 0) is 35.9 Å². The predicted molar refractivity (Wildman–Crippen MR) is 119 cm³/mol. The third-order valence-corrected chi connectivity index (χ3v) is 5.49. The lowest BCUT2D eigenvalue weighted by Gasteiger charge is -2.16. The summed E-state index contributed by atoms with van der Waals surface area (Å²) < 4.78 is 10.8. The lowest BCUT2D eigenvalue weighted by molar-refractivity contribution is -0.135. The molecular formula is C22H23N3O5S. The van der Waals surface area contributed by atoms with Crippen LogP contribution in [0.4, 0.5) is 5.13 Å². The Balaban J connectivity index is 1.70. The summed E-state index contributed by atoms with van der Waals surface area (Å²) >= 11 is 1.52. The van der Waals surface area contributed by atoms with E-state index in [9.17, 15) is 9.59 Å². The van der Waals surface area contributed by atoms with E-state index in [1.807, 2.05) is 47.7 Å². The van der Waals surface area contributed by atoms with E-state index in [1.54, 1.807) is 26.4 Å². The number of rotatable bonds is 9. The van der Waals surface area contributed by atoms with Crippen molar-refractivity contribution in [3.8, 4) is 22.8 Å². The first-order chi connectivity index (χ1) is 14.9. The van der Waals surface area contributed by atoms with Crippen LogP contribution in [0.1, 0.15) is 15.9 Å². The van der Waals surface area contributed by atoms with Crippen LogP contribution in [0, 0.1) is 0 Å². The minimum absolute atomic E-state index is 0.409. The molecule has 1 aromatic heterocycles. The van der Waals surface area contributed by atoms with Crippen molar-refractivity contribution in [3.05, 3.63) is 59.0 Å². The first kappa shape index (κ1) is 22.1. The fourth-order valence-electron chi connectivity index (χ4n) is 2.94. The number of thiazole rings is 1. The third-order valence-electron chi connectivity index (χ3n) is 4.54. The number of carboxylic acids is 1. The largest absolute Gasteiger partial charge is 0.497 e. The van der Waals surface area contributed by atoms with E-state index in [0.29, 0.717) is 12.1 Å². The third kappa shape index (κ3) is 5.52. The van der Waals surface area contributed by atoms with Crippen molar-refractivity contribution < 1.29 is 24.2 Å². The highest BCUT2D eigenvalue weighted by Crippen LogP contribution is 2.35. The highest BCUT2D eigenvalue weighted by molar-refractivity contribution is 7.14. The Morgan fingerprint density at radius 3 is 2.52 bits per heavy atom. The smallest absolute Gasteiger partial charge is 0.322 e. The van der Waals surface area contributed by atoms with E-state index in [4.69, 9.17) is 19.6 Å². The van der Waals surface area contributed by atoms with E-state index in [0.717, 1.165) is 33.5 Å². The zero-order valence-electron chi connectivity index (χ0n) is 17.4. The lowest BCUT2D eigenvalue weighted by Crippen LogP contribution is -2.29. The van der Waals surface area contributed by atoms with E-state index < -0.39 is 18.4 Å². The summed E-state index contributed by atoms with van der Waals surface area (Å²) in [4.78, 5) is 29.2. The molecule has 3 rings (SSSR count). The van der Waals surface area contributed by atoms with Gasteiger partial charge in [0.15, 0.2) is 5.13 Å². The van der Waals surface area contributed by atoms with E-state index in [1.165, 1.54) is 11.3 Å². The Labute approximate surface area is 184 Å². The van der Waals surface area contributed by atoms with Crippen LogP contribution in [0.3, 0.4) is 0 Å². The Kier molecular flexibility index (Phi) is 7.09. The molecule has 8 nitrogen and oxygen atoms in total. The Morgan fingerprint density at radius 1 is 1.13 bits per heavy atom. The van der Waals surface area contributed by atoms with Gasteiger partial charge in [-0.1, -0.05) is 12.1 Å². The number of aliphatic carboxylic acids is 1. The molecule has 0 bridgehead atoms. The van der Waals surface area contributed by atoms with Gasteiger partial charge in [-0.15, -0.1) is 11.3 Å². The Hall–Kier alpha value is -3.59. The minimum atomic E-state index is -1.08. The number of methoxy groups -OCH3 is 2. The van der Waals surface area contributed by atoms with Crippen LogP contribution in [0.2, 0.25) is 0 Å². The summed E-state index contributed by atoms with van der Waals surface area (Å²) in [6, 6.07) is 12.6. The molecule has 0 atom stereocenters. The number of anilines is 1. The maximum Gasteiger partial charge on any atom is 0.322 e. The van der Waals surface area contributed by atoms with Gasteiger partial charge in [0.25, 0.3) is 5.91 Å². The Morgan fingerprint density at radius 2 is 1.87 bits per heavy atom. The van der Waals surface area contributed by atoms with Crippen molar-refractivity contribution in [1.82, 2.24) is 10.3 Å². The van der Waals surface area contributed by atoms with Crippen LogP contribution < -0.4 is 19.7 Å². The quantitative estimate of drug-likeness (QED) is 0.525. The normalized spacial score (nSPS) is 10.4. The zero-order valence-corrected chi connectivity index (χ0v) is 18.2. The molecule has 31 heavy (non-hydrogen) atoms. The minimum Gasteiger partial charge on any atom is -0.497 e. The summed E-state index contributed by atoms with van der Waals surface area (Å²) in [7, 11) is 5.18. The van der Waals surface area contributed by atoms with Crippen molar-refractivity contribution in [2.45, 2.75) is 6.54 Å². The molecule has 1 heterocycles. The maximum absolute atomic E-state index is 11.9. The number of benzene rings is 2. The average Bonchev–Trinajstić information content (AvgIpc) is 3.27. The van der Waals surface area contributed by atoms with Crippen LogP contribution in [0.25, 0.3) is 11.3 Å². The molecule has 0 fully saturated rings. The van der Waals surface area contributed by atoms with Crippen LogP contribution in [0.15, 0.2) is 47.8 Å². The van der Waals surface area contributed by atoms with Crippen LogP contribution in [-0.4, -0.2) is 49.8 Å². The van der Waals surface area contributed by atoms with Gasteiger partial charge < -0.3 is 24.8 Å². The lowest BCUT2D eigenvalue weighted by atomic mass is 10.1. The highest BCUT2D eigenvalue weighted by Gasteiger charge is 2.14. The van der Waals surface area contributed by atoms with E-state index in [2.05, 4.69) is 5.32 Å². The number of hydrogen-bond donors (Lipinski definition) is 2. The number of nitrogens with zero attached hydrogens (tertiary/aromatic N) is 2. The van der Waals surface area contributed by atoms with Gasteiger partial charge in [0.1, 0.15) is 18.0 Å². The molecule has 3 aromatic rings. The number of nitrogens with one attached hydrogen (secondary N) is 1. The number of aromatic nitrogens is 1. The molecule has 0 unspecified atom stereocenters. The molecule has 162 valence electrons. The summed E-state index contributed by atoms with van der Waals surface area (Å²) in [6.45, 7) is 0.188. The second-order valence-corrected chi connectivity index (χ2v) is 7.55. The number of hydrogen-bond acceptors (Lipinski definition) is 7. The molecule has 0 aliphatic rings. The topological polar surface area (TPSA) is 101 Å². The Bertz CT molecular complexity index is 1070. The van der Waals surface area contributed by atoms with Crippen molar-refractivity contribution in [2.75, 3.05) is 32.7 Å². The number of carboxylic acid groups (broad SMARTS) is 1. The standard InChI is InChI=1S/C22H23N3O5S/c1-25(12-14-4-6-15(7-5-14)21(28)23-11-20(26)27)22-24-18(13-31-22)17-10-16(29-2)8-9-19(17)30-3/h4-10,13H,11-12H2,1-3H3,(H,23,28)(H,26,27). The van der Waals surface area contributed by atoms with E-state index in [-0.39, 0.29) is 0 Å². The van der Waals surface area contributed by atoms with Crippen LogP contribution >= 0.6 is 11.3 Å². The summed E-state index contributed by atoms with van der Waals surface area (Å²) in [5, 5.41) is 13.8. The van der Waals surface area contributed by atoms with Crippen molar-refractivity contribution in [2.24, 2.45) is 0 Å². The average molecular weight is 442 g/mol. The molecule has 2 N–H and O–H groups in total. The van der Waals surface area contributed by atoms with Gasteiger partial charge in [-0.2, -0.15) is 0 Å². The van der Waals surface area contributed by atoms with Gasteiger partial charge in [-0.3, -0.25) is 9.59 Å². The molecule has 9 heteroatoms. The summed E-state index contributed by atoms with van der Waals surface area (Å²) in [6.07, 6.45) is 0. The molecule has 0 spiro atoms. The number of carbonyl (C=O) groups is 2. The second-order valence-electron chi connectivity index (χ2n) is 6.71. The highest BCUT2D eigenvalue weighted by atomic mass is 32.1. The summed E-state index contributed by atoms with van der Waals surface area (Å²) in [5.41, 5.74) is 3.06. The van der Waals surface area contributed by atoms with Gasteiger partial charge in [0.05, 0.1) is 19.9 Å². The van der Waals surface area contributed by atoms with Crippen molar-refractivity contribution in [3.63, 3.8) is 0 Å². The monoisotopic (exact) mass is 441 g/mol. The van der Waals surface area contributed by atoms with Gasteiger partial charge in [0.2, 0.25) is 0 Å². The predicted octanol–water partition coefficient (Wildman–Crippen LogP) is 3.28. The first-order valence-electron chi connectivity index (χ1n) is 9.39. The molecule has 0 saturated heterocycles. The molecule has 0 aliphatic carbocycles. The number of carbonyl (C=O) groups excluding carboxylic acids is 1. The fourth-order valence-corrected chi connectivity index (χ4v) is 3.73. The molecule has 0 radical (unpaired) electrons. The fraction of sp³-hybridized carbons (Fsp3) is 0.227. The number of amides is 1. The molecule has 1 amide bonds. The van der Waals surface area contributed by atoms with Crippen molar-refractivity contribution >= 4 is 28.3 Å². The van der Waals surface area contributed by atoms with Gasteiger partial charge in [0, 0.05) is 30.1 Å². The number of ether oxygens (including phenoxy) is 2.